The Morgan fingerprint density at radius 1 is 1.42 bits per heavy atom. The highest BCUT2D eigenvalue weighted by atomic mass is 19.1. The van der Waals surface area contributed by atoms with Gasteiger partial charge >= 0.3 is 5.97 Å². The van der Waals surface area contributed by atoms with Crippen LogP contribution in [0.2, 0.25) is 0 Å². The molecule has 0 aliphatic rings. The molecule has 0 bridgehead atoms. The first-order valence-corrected chi connectivity index (χ1v) is 6.39. The Hall–Kier alpha value is -1.62. The average Bonchev–Trinajstić information content (AvgIpc) is 2.37. The molecule has 1 N–H and O–H groups in total. The number of ether oxygens (including phenoxy) is 2. The highest BCUT2D eigenvalue weighted by molar-refractivity contribution is 5.71. The van der Waals surface area contributed by atoms with Crippen LogP contribution in [0, 0.1) is 5.82 Å². The number of carbonyl (C=O) groups is 1. The molecule has 4 nitrogen and oxygen atoms in total. The van der Waals surface area contributed by atoms with Crippen LogP contribution in [-0.4, -0.2) is 25.7 Å². The molecule has 1 atom stereocenters. The molecular formula is C14H20FNO3. The Labute approximate surface area is 112 Å². The van der Waals surface area contributed by atoms with E-state index in [1.165, 1.54) is 6.07 Å². The number of nitrogens with one attached hydrogen (secondary N) is 1. The highest BCUT2D eigenvalue weighted by Crippen LogP contribution is 2.21. The third-order valence-corrected chi connectivity index (χ3v) is 2.61. The van der Waals surface area contributed by atoms with E-state index in [-0.39, 0.29) is 18.5 Å². The molecule has 19 heavy (non-hydrogen) atoms. The fourth-order valence-electron chi connectivity index (χ4n) is 1.71. The second kappa shape index (κ2) is 7.74. The van der Waals surface area contributed by atoms with E-state index in [0.29, 0.717) is 17.9 Å². The number of hydrogen-bond acceptors (Lipinski definition) is 4. The summed E-state index contributed by atoms with van der Waals surface area (Å²) in [5.41, 5.74) is 0.574. The topological polar surface area (TPSA) is 47.6 Å². The number of hydrogen-bond donors (Lipinski definition) is 1. The zero-order valence-corrected chi connectivity index (χ0v) is 11.5. The van der Waals surface area contributed by atoms with E-state index in [9.17, 15) is 9.18 Å². The van der Waals surface area contributed by atoms with Gasteiger partial charge in [0.2, 0.25) is 0 Å². The van der Waals surface area contributed by atoms with Crippen molar-refractivity contribution in [3.8, 4) is 5.75 Å². The summed E-state index contributed by atoms with van der Waals surface area (Å²) in [5.74, 6) is -0.499. The van der Waals surface area contributed by atoms with Gasteiger partial charge in [0.05, 0.1) is 6.61 Å². The lowest BCUT2D eigenvalue weighted by Gasteiger charge is -2.14. The molecule has 0 amide bonds. The molecule has 0 spiro atoms. The van der Waals surface area contributed by atoms with Gasteiger partial charge in [-0.1, -0.05) is 13.0 Å². The molecule has 0 aromatic heterocycles. The Morgan fingerprint density at radius 2 is 2.16 bits per heavy atom. The van der Waals surface area contributed by atoms with Crippen LogP contribution in [0.3, 0.4) is 0 Å². The van der Waals surface area contributed by atoms with Crippen molar-refractivity contribution < 1.29 is 18.7 Å². The van der Waals surface area contributed by atoms with E-state index in [1.54, 1.807) is 19.1 Å². The van der Waals surface area contributed by atoms with Gasteiger partial charge in [0.1, 0.15) is 11.6 Å². The van der Waals surface area contributed by atoms with Crippen molar-refractivity contribution in [2.45, 2.75) is 26.8 Å². The molecule has 1 aromatic carbocycles. The van der Waals surface area contributed by atoms with Gasteiger partial charge in [0, 0.05) is 17.7 Å². The number of carbonyl (C=O) groups excluding carboxylic acids is 1. The third kappa shape index (κ3) is 4.87. The van der Waals surface area contributed by atoms with Gasteiger partial charge in [-0.25, -0.2) is 9.18 Å². The summed E-state index contributed by atoms with van der Waals surface area (Å²) in [4.78, 5) is 11.1. The van der Waals surface area contributed by atoms with Crippen molar-refractivity contribution in [2.24, 2.45) is 0 Å². The van der Waals surface area contributed by atoms with Gasteiger partial charge < -0.3 is 14.8 Å². The summed E-state index contributed by atoms with van der Waals surface area (Å²) < 4.78 is 23.7. The standard InChI is InChI=1S/C14H20FNO3/c1-4-16-10(3)12-7-6-11(8-13(12)15)19-9-14(17)18-5-2/h6-8,10,16H,4-5,9H2,1-3H3. The van der Waals surface area contributed by atoms with Crippen LogP contribution < -0.4 is 10.1 Å². The predicted molar refractivity (Wildman–Crippen MR) is 70.6 cm³/mol. The summed E-state index contributed by atoms with van der Waals surface area (Å²) >= 11 is 0. The minimum Gasteiger partial charge on any atom is -0.482 e. The van der Waals surface area contributed by atoms with Crippen LogP contribution in [0.4, 0.5) is 4.39 Å². The van der Waals surface area contributed by atoms with Crippen LogP contribution >= 0.6 is 0 Å². The van der Waals surface area contributed by atoms with Gasteiger partial charge in [-0.05, 0) is 26.5 Å². The minimum atomic E-state index is -0.465. The molecule has 0 radical (unpaired) electrons. The van der Waals surface area contributed by atoms with Gasteiger partial charge in [0.15, 0.2) is 6.61 Å². The molecule has 5 heteroatoms. The Balaban J connectivity index is 2.63. The molecule has 0 fully saturated rings. The van der Waals surface area contributed by atoms with Crippen molar-refractivity contribution in [2.75, 3.05) is 19.8 Å². The summed E-state index contributed by atoms with van der Waals surface area (Å²) in [5, 5.41) is 3.13. The fraction of sp³-hybridized carbons (Fsp3) is 0.500. The Bertz CT molecular complexity index is 423. The number of rotatable bonds is 7. The van der Waals surface area contributed by atoms with E-state index < -0.39 is 5.97 Å². The van der Waals surface area contributed by atoms with E-state index >= 15 is 0 Å². The van der Waals surface area contributed by atoms with Crippen molar-refractivity contribution in [3.63, 3.8) is 0 Å². The van der Waals surface area contributed by atoms with Crippen molar-refractivity contribution in [1.29, 1.82) is 0 Å². The average molecular weight is 269 g/mol. The number of benzene rings is 1. The molecule has 1 rings (SSSR count). The van der Waals surface area contributed by atoms with Crippen LogP contribution in [0.25, 0.3) is 0 Å². The first kappa shape index (κ1) is 15.4. The molecule has 0 saturated carbocycles. The zero-order valence-electron chi connectivity index (χ0n) is 11.5. The number of halogens is 1. The number of esters is 1. The van der Waals surface area contributed by atoms with Gasteiger partial charge in [-0.15, -0.1) is 0 Å². The first-order valence-electron chi connectivity index (χ1n) is 6.39. The summed E-state index contributed by atoms with van der Waals surface area (Å²) in [6.07, 6.45) is 0. The zero-order chi connectivity index (χ0) is 14.3. The molecule has 0 saturated heterocycles. The van der Waals surface area contributed by atoms with Crippen molar-refractivity contribution in [1.82, 2.24) is 5.32 Å². The second-order valence-corrected chi connectivity index (χ2v) is 4.06. The quantitative estimate of drug-likeness (QED) is 0.772. The summed E-state index contributed by atoms with van der Waals surface area (Å²) in [6, 6.07) is 4.51. The molecule has 106 valence electrons. The van der Waals surface area contributed by atoms with Crippen LogP contribution in [0.5, 0.6) is 5.75 Å². The lowest BCUT2D eigenvalue weighted by molar-refractivity contribution is -0.145. The Morgan fingerprint density at radius 3 is 2.74 bits per heavy atom. The first-order chi connectivity index (χ1) is 9.08. The largest absolute Gasteiger partial charge is 0.482 e. The second-order valence-electron chi connectivity index (χ2n) is 4.06. The lowest BCUT2D eigenvalue weighted by atomic mass is 10.1. The van der Waals surface area contributed by atoms with Crippen molar-refractivity contribution >= 4 is 5.97 Å². The van der Waals surface area contributed by atoms with E-state index in [1.807, 2.05) is 13.8 Å². The SMILES string of the molecule is CCNC(C)c1ccc(OCC(=O)OCC)cc1F. The monoisotopic (exact) mass is 269 g/mol. The Kier molecular flexibility index (Phi) is 6.29. The van der Waals surface area contributed by atoms with Crippen LogP contribution in [0.15, 0.2) is 18.2 Å². The normalized spacial score (nSPS) is 12.0. The molecule has 0 heterocycles. The highest BCUT2D eigenvalue weighted by Gasteiger charge is 2.11. The minimum absolute atomic E-state index is 0.0656. The summed E-state index contributed by atoms with van der Waals surface area (Å²) in [6.45, 7) is 6.42. The summed E-state index contributed by atoms with van der Waals surface area (Å²) in [7, 11) is 0. The predicted octanol–water partition coefficient (Wildman–Crippen LogP) is 2.44. The van der Waals surface area contributed by atoms with Gasteiger partial charge in [0.25, 0.3) is 0 Å². The molecule has 1 unspecified atom stereocenters. The van der Waals surface area contributed by atoms with Crippen LogP contribution in [0.1, 0.15) is 32.4 Å². The smallest absolute Gasteiger partial charge is 0.344 e. The van der Waals surface area contributed by atoms with Crippen LogP contribution in [-0.2, 0) is 9.53 Å². The third-order valence-electron chi connectivity index (χ3n) is 2.61. The fourth-order valence-corrected chi connectivity index (χ4v) is 1.71. The van der Waals surface area contributed by atoms with E-state index in [0.717, 1.165) is 6.54 Å². The maximum Gasteiger partial charge on any atom is 0.344 e. The molecular weight excluding hydrogens is 249 g/mol. The molecule has 0 aliphatic carbocycles. The maximum atomic E-state index is 13.9. The molecule has 0 aliphatic heterocycles. The maximum absolute atomic E-state index is 13.9. The molecule has 1 aromatic rings. The van der Waals surface area contributed by atoms with Gasteiger partial charge in [-0.2, -0.15) is 0 Å². The van der Waals surface area contributed by atoms with E-state index in [4.69, 9.17) is 9.47 Å². The van der Waals surface area contributed by atoms with Crippen molar-refractivity contribution in [3.05, 3.63) is 29.6 Å². The van der Waals surface area contributed by atoms with Gasteiger partial charge in [-0.3, -0.25) is 0 Å². The lowest BCUT2D eigenvalue weighted by Crippen LogP contribution is -2.19. The van der Waals surface area contributed by atoms with E-state index in [2.05, 4.69) is 5.32 Å².